The molecule has 0 spiro atoms. The van der Waals surface area contributed by atoms with Gasteiger partial charge in [0.05, 0.1) is 28.4 Å². The Bertz CT molecular complexity index is 1450. The SMILES string of the molecule is CCOc1ccc2nc(N3C(=O)C(=O)/C(=C(/O)c4ccncc4)C3c3cccc(O)c3)sc2c1. The summed E-state index contributed by atoms with van der Waals surface area (Å²) in [6.45, 7) is 2.40. The molecule has 9 heteroatoms. The molecular formula is C25H19N3O5S. The number of aromatic nitrogens is 2. The zero-order valence-corrected chi connectivity index (χ0v) is 18.8. The number of fused-ring (bicyclic) bond motifs is 1. The molecule has 2 N–H and O–H groups in total. The number of carbonyl (C=O) groups excluding carboxylic acids is 2. The Hall–Kier alpha value is -4.24. The molecular weight excluding hydrogens is 454 g/mol. The molecule has 5 rings (SSSR count). The van der Waals surface area contributed by atoms with E-state index in [4.69, 9.17) is 4.74 Å². The number of aromatic hydroxyl groups is 1. The van der Waals surface area contributed by atoms with Crippen molar-refractivity contribution in [2.24, 2.45) is 0 Å². The number of phenols is 1. The van der Waals surface area contributed by atoms with Crippen LogP contribution in [0.15, 0.2) is 72.6 Å². The molecule has 2 aromatic carbocycles. The highest BCUT2D eigenvalue weighted by Gasteiger charge is 2.48. The van der Waals surface area contributed by atoms with E-state index >= 15 is 0 Å². The summed E-state index contributed by atoms with van der Waals surface area (Å²) < 4.78 is 6.34. The zero-order chi connectivity index (χ0) is 23.8. The number of ether oxygens (including phenoxy) is 1. The molecule has 3 heterocycles. The number of phenolic OH excluding ortho intramolecular Hbond substituents is 1. The highest BCUT2D eigenvalue weighted by atomic mass is 32.1. The minimum Gasteiger partial charge on any atom is -0.508 e. The number of carbonyl (C=O) groups is 2. The molecule has 34 heavy (non-hydrogen) atoms. The van der Waals surface area contributed by atoms with Crippen molar-refractivity contribution in [2.45, 2.75) is 13.0 Å². The maximum Gasteiger partial charge on any atom is 0.301 e. The number of anilines is 1. The summed E-state index contributed by atoms with van der Waals surface area (Å²) >= 11 is 1.24. The van der Waals surface area contributed by atoms with Gasteiger partial charge in [-0.1, -0.05) is 23.5 Å². The number of rotatable bonds is 5. The third kappa shape index (κ3) is 3.65. The number of nitrogens with zero attached hydrogens (tertiary/aromatic N) is 3. The predicted molar refractivity (Wildman–Crippen MR) is 128 cm³/mol. The van der Waals surface area contributed by atoms with Crippen LogP contribution in [0.1, 0.15) is 24.1 Å². The van der Waals surface area contributed by atoms with E-state index in [0.717, 1.165) is 4.70 Å². The van der Waals surface area contributed by atoms with E-state index in [2.05, 4.69) is 9.97 Å². The van der Waals surface area contributed by atoms with Crippen LogP contribution in [0.2, 0.25) is 0 Å². The van der Waals surface area contributed by atoms with Crippen molar-refractivity contribution < 1.29 is 24.5 Å². The lowest BCUT2D eigenvalue weighted by atomic mass is 9.95. The topological polar surface area (TPSA) is 113 Å². The quantitative estimate of drug-likeness (QED) is 0.251. The van der Waals surface area contributed by atoms with Crippen LogP contribution < -0.4 is 9.64 Å². The monoisotopic (exact) mass is 473 g/mol. The molecule has 0 bridgehead atoms. The van der Waals surface area contributed by atoms with Crippen LogP contribution in [-0.2, 0) is 9.59 Å². The third-order valence-corrected chi connectivity index (χ3v) is 6.47. The van der Waals surface area contributed by atoms with Gasteiger partial charge >= 0.3 is 5.91 Å². The second-order valence-corrected chi connectivity index (χ2v) is 8.57. The molecule has 0 radical (unpaired) electrons. The molecule has 1 aliphatic heterocycles. The van der Waals surface area contributed by atoms with E-state index in [1.54, 1.807) is 36.4 Å². The lowest BCUT2D eigenvalue weighted by Crippen LogP contribution is -2.29. The van der Waals surface area contributed by atoms with Crippen molar-refractivity contribution in [3.8, 4) is 11.5 Å². The fourth-order valence-electron chi connectivity index (χ4n) is 3.96. The fourth-order valence-corrected chi connectivity index (χ4v) is 4.98. The number of hydrogen-bond donors (Lipinski definition) is 2. The van der Waals surface area contributed by atoms with Crippen molar-refractivity contribution in [2.75, 3.05) is 11.5 Å². The highest BCUT2D eigenvalue weighted by Crippen LogP contribution is 2.45. The zero-order valence-electron chi connectivity index (χ0n) is 18.0. The van der Waals surface area contributed by atoms with E-state index in [0.29, 0.717) is 34.1 Å². The van der Waals surface area contributed by atoms with Crippen molar-refractivity contribution in [1.29, 1.82) is 0 Å². The van der Waals surface area contributed by atoms with E-state index < -0.39 is 17.7 Å². The molecule has 1 amide bonds. The maximum absolute atomic E-state index is 13.3. The number of aliphatic hydroxyl groups is 1. The number of ketones is 1. The van der Waals surface area contributed by atoms with Crippen LogP contribution in [0.3, 0.4) is 0 Å². The van der Waals surface area contributed by atoms with Gasteiger partial charge < -0.3 is 14.9 Å². The van der Waals surface area contributed by atoms with Crippen molar-refractivity contribution in [1.82, 2.24) is 9.97 Å². The van der Waals surface area contributed by atoms with Crippen molar-refractivity contribution in [3.05, 3.63) is 83.7 Å². The molecule has 170 valence electrons. The summed E-state index contributed by atoms with van der Waals surface area (Å²) in [5.41, 5.74) is 1.37. The molecule has 1 fully saturated rings. The first kappa shape index (κ1) is 21.6. The summed E-state index contributed by atoms with van der Waals surface area (Å²) in [4.78, 5) is 36.3. The lowest BCUT2D eigenvalue weighted by Gasteiger charge is -2.23. The van der Waals surface area contributed by atoms with Gasteiger partial charge in [0.2, 0.25) is 0 Å². The molecule has 2 aromatic heterocycles. The Morgan fingerprint density at radius 1 is 1.12 bits per heavy atom. The van der Waals surface area contributed by atoms with Crippen molar-refractivity contribution in [3.63, 3.8) is 0 Å². The molecule has 1 saturated heterocycles. The molecule has 0 saturated carbocycles. The number of benzene rings is 2. The molecule has 1 aliphatic rings. The average molecular weight is 474 g/mol. The second-order valence-electron chi connectivity index (χ2n) is 7.56. The Labute approximate surface area is 198 Å². The summed E-state index contributed by atoms with van der Waals surface area (Å²) in [5.74, 6) is -1.33. The van der Waals surface area contributed by atoms with Crippen LogP contribution in [0.25, 0.3) is 16.0 Å². The van der Waals surface area contributed by atoms with E-state index in [9.17, 15) is 19.8 Å². The Balaban J connectivity index is 1.70. The van der Waals surface area contributed by atoms with Gasteiger partial charge in [0, 0.05) is 18.0 Å². The molecule has 8 nitrogen and oxygen atoms in total. The van der Waals surface area contributed by atoms with E-state index in [1.165, 1.54) is 40.8 Å². The second kappa shape index (κ2) is 8.60. The van der Waals surface area contributed by atoms with Gasteiger partial charge in [-0.3, -0.25) is 19.5 Å². The van der Waals surface area contributed by atoms with Crippen LogP contribution in [0, 0.1) is 0 Å². The first-order valence-electron chi connectivity index (χ1n) is 10.5. The first-order chi connectivity index (χ1) is 16.5. The number of hydrogen-bond acceptors (Lipinski definition) is 8. The summed E-state index contributed by atoms with van der Waals surface area (Å²) in [6.07, 6.45) is 2.97. The summed E-state index contributed by atoms with van der Waals surface area (Å²) in [5, 5.41) is 21.5. The van der Waals surface area contributed by atoms with Gasteiger partial charge in [-0.2, -0.15) is 0 Å². The number of Topliss-reactive ketones (excluding diaryl/α,β-unsaturated/α-hetero) is 1. The highest BCUT2D eigenvalue weighted by molar-refractivity contribution is 7.22. The van der Waals surface area contributed by atoms with Crippen LogP contribution in [0.4, 0.5) is 5.13 Å². The maximum atomic E-state index is 13.3. The minimum absolute atomic E-state index is 0.0299. The van der Waals surface area contributed by atoms with E-state index in [-0.39, 0.29) is 17.1 Å². The number of pyridine rings is 1. The minimum atomic E-state index is -0.979. The fraction of sp³-hybridized carbons (Fsp3) is 0.120. The Morgan fingerprint density at radius 2 is 1.91 bits per heavy atom. The van der Waals surface area contributed by atoms with Gasteiger partial charge in [-0.05, 0) is 55.0 Å². The Kier molecular flexibility index (Phi) is 5.46. The largest absolute Gasteiger partial charge is 0.508 e. The average Bonchev–Trinajstić information content (AvgIpc) is 3.37. The van der Waals surface area contributed by atoms with Gasteiger partial charge in [-0.25, -0.2) is 4.98 Å². The van der Waals surface area contributed by atoms with Crippen molar-refractivity contribution >= 4 is 44.1 Å². The van der Waals surface area contributed by atoms with Crippen LogP contribution in [0.5, 0.6) is 11.5 Å². The van der Waals surface area contributed by atoms with Crippen LogP contribution in [-0.4, -0.2) is 38.5 Å². The lowest BCUT2D eigenvalue weighted by molar-refractivity contribution is -0.132. The molecule has 1 unspecified atom stereocenters. The first-order valence-corrected chi connectivity index (χ1v) is 11.3. The van der Waals surface area contributed by atoms with Gasteiger partial charge in [-0.15, -0.1) is 0 Å². The smallest absolute Gasteiger partial charge is 0.301 e. The molecule has 4 aromatic rings. The van der Waals surface area contributed by atoms with Gasteiger partial charge in [0.25, 0.3) is 5.78 Å². The predicted octanol–water partition coefficient (Wildman–Crippen LogP) is 4.42. The third-order valence-electron chi connectivity index (χ3n) is 5.45. The molecule has 0 aliphatic carbocycles. The van der Waals surface area contributed by atoms with Gasteiger partial charge in [0.1, 0.15) is 17.3 Å². The number of thiazole rings is 1. The normalized spacial score (nSPS) is 17.4. The van der Waals surface area contributed by atoms with Gasteiger partial charge in [0.15, 0.2) is 5.13 Å². The summed E-state index contributed by atoms with van der Waals surface area (Å²) in [7, 11) is 0. The number of aliphatic hydroxyl groups excluding tert-OH is 1. The van der Waals surface area contributed by atoms with Crippen LogP contribution >= 0.6 is 11.3 Å². The standard InChI is InChI=1S/C25H19N3O5S/c1-2-33-17-6-7-18-19(13-17)34-25(27-18)28-21(15-4-3-5-16(29)12-15)20(23(31)24(28)32)22(30)14-8-10-26-11-9-14/h3-13,21,29-30H,2H2,1H3/b22-20+. The Morgan fingerprint density at radius 3 is 2.65 bits per heavy atom. The number of amides is 1. The summed E-state index contributed by atoms with van der Waals surface area (Å²) in [6, 6.07) is 13.8. The molecule has 1 atom stereocenters. The van der Waals surface area contributed by atoms with E-state index in [1.807, 2.05) is 13.0 Å².